The van der Waals surface area contributed by atoms with Gasteiger partial charge in [-0.2, -0.15) is 0 Å². The van der Waals surface area contributed by atoms with E-state index in [4.69, 9.17) is 5.21 Å². The Labute approximate surface area is 126 Å². The Kier molecular flexibility index (Phi) is 4.43. The molecule has 0 saturated heterocycles. The Balaban J connectivity index is 2.32. The van der Waals surface area contributed by atoms with Gasteiger partial charge < -0.3 is 0 Å². The summed E-state index contributed by atoms with van der Waals surface area (Å²) in [6.07, 6.45) is 0. The van der Waals surface area contributed by atoms with Crippen LogP contribution in [0.3, 0.4) is 0 Å². The molecule has 6 nitrogen and oxygen atoms in total. The standard InChI is InChI=1S/C14H13FN2O4S/c1-17(12-6-2-10(3-7-12)14(18)16-19)22(20,21)13-8-4-11(15)5-9-13/h2-9,19H,1H3,(H,16,18). The van der Waals surface area contributed by atoms with Gasteiger partial charge in [-0.1, -0.05) is 0 Å². The van der Waals surface area contributed by atoms with Crippen LogP contribution in [0.1, 0.15) is 10.4 Å². The molecule has 0 saturated carbocycles. The third-order valence-electron chi connectivity index (χ3n) is 3.07. The van der Waals surface area contributed by atoms with E-state index in [-0.39, 0.29) is 10.5 Å². The third-order valence-corrected chi connectivity index (χ3v) is 4.87. The van der Waals surface area contributed by atoms with Crippen LogP contribution in [0.25, 0.3) is 0 Å². The Hall–Kier alpha value is -2.45. The molecule has 0 heterocycles. The van der Waals surface area contributed by atoms with Gasteiger partial charge in [0.1, 0.15) is 5.82 Å². The molecule has 0 fully saturated rings. The van der Waals surface area contributed by atoms with E-state index in [1.165, 1.54) is 48.9 Å². The molecule has 116 valence electrons. The quantitative estimate of drug-likeness (QED) is 0.663. The minimum atomic E-state index is -3.83. The van der Waals surface area contributed by atoms with Gasteiger partial charge in [0.15, 0.2) is 0 Å². The number of anilines is 1. The lowest BCUT2D eigenvalue weighted by atomic mass is 10.2. The normalized spacial score (nSPS) is 11.0. The highest BCUT2D eigenvalue weighted by Crippen LogP contribution is 2.22. The summed E-state index contributed by atoms with van der Waals surface area (Å²) >= 11 is 0. The number of hydrogen-bond donors (Lipinski definition) is 2. The molecule has 0 radical (unpaired) electrons. The molecule has 2 aromatic rings. The number of hydroxylamine groups is 1. The van der Waals surface area contributed by atoms with E-state index in [2.05, 4.69) is 0 Å². The van der Waals surface area contributed by atoms with Crippen molar-refractivity contribution in [2.24, 2.45) is 0 Å². The lowest BCUT2D eigenvalue weighted by Gasteiger charge is -2.19. The van der Waals surface area contributed by atoms with Gasteiger partial charge in [-0.3, -0.25) is 14.3 Å². The van der Waals surface area contributed by atoms with Crippen LogP contribution in [0.15, 0.2) is 53.4 Å². The van der Waals surface area contributed by atoms with Crippen molar-refractivity contribution in [1.82, 2.24) is 5.48 Å². The molecule has 0 spiro atoms. The maximum atomic E-state index is 12.9. The Bertz CT molecular complexity index is 773. The fraction of sp³-hybridized carbons (Fsp3) is 0.0714. The smallest absolute Gasteiger partial charge is 0.274 e. The monoisotopic (exact) mass is 324 g/mol. The van der Waals surface area contributed by atoms with Crippen LogP contribution in [0.2, 0.25) is 0 Å². The molecule has 22 heavy (non-hydrogen) atoms. The Morgan fingerprint density at radius 3 is 2.14 bits per heavy atom. The first-order valence-electron chi connectivity index (χ1n) is 6.15. The molecule has 2 aromatic carbocycles. The van der Waals surface area contributed by atoms with Crippen LogP contribution < -0.4 is 9.79 Å². The molecule has 0 aliphatic carbocycles. The average molecular weight is 324 g/mol. The van der Waals surface area contributed by atoms with Crippen molar-refractivity contribution < 1.29 is 22.8 Å². The van der Waals surface area contributed by atoms with Gasteiger partial charge in [-0.25, -0.2) is 18.3 Å². The number of hydrogen-bond acceptors (Lipinski definition) is 4. The van der Waals surface area contributed by atoms with E-state index in [0.717, 1.165) is 16.4 Å². The second kappa shape index (κ2) is 6.12. The van der Waals surface area contributed by atoms with E-state index < -0.39 is 21.7 Å². The predicted octanol–water partition coefficient (Wildman–Crippen LogP) is 1.77. The first-order valence-corrected chi connectivity index (χ1v) is 7.59. The summed E-state index contributed by atoms with van der Waals surface area (Å²) in [5.41, 5.74) is 1.98. The zero-order chi connectivity index (χ0) is 16.3. The second-order valence-electron chi connectivity index (χ2n) is 4.41. The largest absolute Gasteiger partial charge is 0.288 e. The summed E-state index contributed by atoms with van der Waals surface area (Å²) in [5.74, 6) is -1.23. The summed E-state index contributed by atoms with van der Waals surface area (Å²) in [6.45, 7) is 0. The maximum absolute atomic E-state index is 12.9. The molecule has 0 aliphatic heterocycles. The minimum absolute atomic E-state index is 0.0476. The van der Waals surface area contributed by atoms with E-state index in [1.54, 1.807) is 0 Å². The summed E-state index contributed by atoms with van der Waals surface area (Å²) in [5, 5.41) is 8.53. The minimum Gasteiger partial charge on any atom is -0.288 e. The number of nitrogens with one attached hydrogen (secondary N) is 1. The predicted molar refractivity (Wildman–Crippen MR) is 77.7 cm³/mol. The highest BCUT2D eigenvalue weighted by molar-refractivity contribution is 7.92. The second-order valence-corrected chi connectivity index (χ2v) is 6.38. The molecule has 0 aromatic heterocycles. The van der Waals surface area contributed by atoms with Crippen LogP contribution in [0, 0.1) is 5.82 Å². The van der Waals surface area contributed by atoms with Gasteiger partial charge in [-0.05, 0) is 48.5 Å². The fourth-order valence-corrected chi connectivity index (χ4v) is 2.99. The molecule has 1 amide bonds. The van der Waals surface area contributed by atoms with Crippen molar-refractivity contribution in [3.05, 3.63) is 59.9 Å². The molecule has 2 rings (SSSR count). The summed E-state index contributed by atoms with van der Waals surface area (Å²) in [4.78, 5) is 11.2. The SMILES string of the molecule is CN(c1ccc(C(=O)NO)cc1)S(=O)(=O)c1ccc(F)cc1. The number of halogens is 1. The van der Waals surface area contributed by atoms with Crippen molar-refractivity contribution in [2.75, 3.05) is 11.4 Å². The molecule has 0 unspecified atom stereocenters. The zero-order valence-corrected chi connectivity index (χ0v) is 12.3. The van der Waals surface area contributed by atoms with Crippen LogP contribution in [0.4, 0.5) is 10.1 Å². The Morgan fingerprint density at radius 2 is 1.64 bits per heavy atom. The van der Waals surface area contributed by atoms with Crippen molar-refractivity contribution in [1.29, 1.82) is 0 Å². The van der Waals surface area contributed by atoms with E-state index in [0.29, 0.717) is 5.69 Å². The van der Waals surface area contributed by atoms with Gasteiger partial charge in [0, 0.05) is 12.6 Å². The number of benzene rings is 2. The number of amides is 1. The highest BCUT2D eigenvalue weighted by Gasteiger charge is 2.21. The first-order chi connectivity index (χ1) is 10.4. The molecule has 8 heteroatoms. The lowest BCUT2D eigenvalue weighted by Crippen LogP contribution is -2.26. The van der Waals surface area contributed by atoms with Gasteiger partial charge >= 0.3 is 0 Å². The summed E-state index contributed by atoms with van der Waals surface area (Å²) < 4.78 is 38.7. The molecular weight excluding hydrogens is 311 g/mol. The van der Waals surface area contributed by atoms with E-state index in [9.17, 15) is 17.6 Å². The van der Waals surface area contributed by atoms with Crippen molar-refractivity contribution >= 4 is 21.6 Å². The van der Waals surface area contributed by atoms with Crippen LogP contribution in [0.5, 0.6) is 0 Å². The van der Waals surface area contributed by atoms with Gasteiger partial charge in [0.2, 0.25) is 0 Å². The maximum Gasteiger partial charge on any atom is 0.274 e. The van der Waals surface area contributed by atoms with Crippen LogP contribution in [-0.4, -0.2) is 26.6 Å². The van der Waals surface area contributed by atoms with Crippen LogP contribution >= 0.6 is 0 Å². The number of carbonyl (C=O) groups excluding carboxylic acids is 1. The van der Waals surface area contributed by atoms with Gasteiger partial charge in [0.05, 0.1) is 10.6 Å². The van der Waals surface area contributed by atoms with Crippen molar-refractivity contribution in [3.63, 3.8) is 0 Å². The van der Waals surface area contributed by atoms with Crippen molar-refractivity contribution in [2.45, 2.75) is 4.90 Å². The molecule has 0 aliphatic rings. The van der Waals surface area contributed by atoms with Gasteiger partial charge in [0.25, 0.3) is 15.9 Å². The summed E-state index contributed by atoms with van der Waals surface area (Å²) in [6, 6.07) is 10.1. The summed E-state index contributed by atoms with van der Waals surface area (Å²) in [7, 11) is -2.48. The number of rotatable bonds is 4. The highest BCUT2D eigenvalue weighted by atomic mass is 32.2. The lowest BCUT2D eigenvalue weighted by molar-refractivity contribution is 0.0706. The number of nitrogens with zero attached hydrogens (tertiary/aromatic N) is 1. The molecule has 2 N–H and O–H groups in total. The zero-order valence-electron chi connectivity index (χ0n) is 11.5. The number of sulfonamides is 1. The van der Waals surface area contributed by atoms with Crippen LogP contribution in [-0.2, 0) is 10.0 Å². The van der Waals surface area contributed by atoms with Gasteiger partial charge in [-0.15, -0.1) is 0 Å². The topological polar surface area (TPSA) is 86.7 Å². The fourth-order valence-electron chi connectivity index (χ4n) is 1.79. The molecule has 0 bridgehead atoms. The number of carbonyl (C=O) groups is 1. The molecule has 0 atom stereocenters. The Morgan fingerprint density at radius 1 is 1.09 bits per heavy atom. The van der Waals surface area contributed by atoms with Crippen molar-refractivity contribution in [3.8, 4) is 0 Å². The third kappa shape index (κ3) is 3.07. The first kappa shape index (κ1) is 15.9. The molecular formula is C14H13FN2O4S. The average Bonchev–Trinajstić information content (AvgIpc) is 2.54. The van der Waals surface area contributed by atoms with E-state index in [1.807, 2.05) is 0 Å². The van der Waals surface area contributed by atoms with E-state index >= 15 is 0 Å².